The van der Waals surface area contributed by atoms with E-state index < -0.39 is 11.4 Å². The first-order valence-electron chi connectivity index (χ1n) is 12.1. The van der Waals surface area contributed by atoms with Gasteiger partial charge in [-0.3, -0.25) is 10.2 Å². The summed E-state index contributed by atoms with van der Waals surface area (Å²) in [5.74, 6) is 0.527. The maximum absolute atomic E-state index is 13.6. The van der Waals surface area contributed by atoms with Crippen molar-refractivity contribution in [2.45, 2.75) is 24.9 Å². The number of amides is 1. The molecule has 10 nitrogen and oxygen atoms in total. The fraction of sp³-hybridized carbons (Fsp3) is 0.259. The van der Waals surface area contributed by atoms with Crippen LogP contribution in [-0.4, -0.2) is 42.3 Å². The monoisotopic (exact) mass is 568 g/mol. The summed E-state index contributed by atoms with van der Waals surface area (Å²) in [6, 6.07) is 19.3. The lowest BCUT2D eigenvalue weighted by Crippen LogP contribution is -2.52. The second kappa shape index (κ2) is 13.3. The predicted octanol–water partition coefficient (Wildman–Crippen LogP) is 5.28. The summed E-state index contributed by atoms with van der Waals surface area (Å²) in [4.78, 5) is 21.2. The van der Waals surface area contributed by atoms with Crippen molar-refractivity contribution in [3.05, 3.63) is 104 Å². The predicted molar refractivity (Wildman–Crippen MR) is 149 cm³/mol. The Balaban J connectivity index is 1.56. The maximum atomic E-state index is 13.6. The van der Waals surface area contributed by atoms with Gasteiger partial charge >= 0.3 is 0 Å². The molecular weight excluding hydrogens is 543 g/mol. The molecule has 0 bridgehead atoms. The molecule has 3 aromatic carbocycles. The van der Waals surface area contributed by atoms with Gasteiger partial charge in [0.2, 0.25) is 5.90 Å². The third-order valence-electron chi connectivity index (χ3n) is 5.96. The van der Waals surface area contributed by atoms with Gasteiger partial charge in [0.25, 0.3) is 5.91 Å². The molecule has 12 heteroatoms. The Morgan fingerprint density at radius 1 is 1.15 bits per heavy atom. The number of aliphatic imine (C=N–C) groups is 1. The molecule has 202 valence electrons. The van der Waals surface area contributed by atoms with Crippen LogP contribution in [0.5, 0.6) is 5.75 Å². The molecule has 0 aliphatic carbocycles. The number of hydrazine groups is 1. The summed E-state index contributed by atoms with van der Waals surface area (Å²) in [5.41, 5.74) is 15.9. The van der Waals surface area contributed by atoms with Crippen molar-refractivity contribution >= 4 is 40.7 Å². The molecule has 0 spiro atoms. The van der Waals surface area contributed by atoms with Crippen molar-refractivity contribution in [2.24, 2.45) is 10.1 Å². The zero-order valence-electron chi connectivity index (χ0n) is 20.8. The number of halogens is 2. The molecule has 1 atom stereocenters. The lowest BCUT2D eigenvalue weighted by molar-refractivity contribution is -0.127. The number of aliphatic hydroxyl groups excluding tert-OH is 1. The number of benzene rings is 3. The van der Waals surface area contributed by atoms with Crippen LogP contribution in [0, 0.1) is 0 Å². The summed E-state index contributed by atoms with van der Waals surface area (Å²) in [6.45, 7) is 0.722. The van der Waals surface area contributed by atoms with Gasteiger partial charge in [-0.1, -0.05) is 58.6 Å². The molecule has 0 aromatic heterocycles. The van der Waals surface area contributed by atoms with Crippen molar-refractivity contribution in [2.75, 3.05) is 19.8 Å². The van der Waals surface area contributed by atoms with Gasteiger partial charge in [-0.15, -0.1) is 0 Å². The molecule has 1 amide bonds. The van der Waals surface area contributed by atoms with Crippen molar-refractivity contribution in [3.8, 4) is 5.75 Å². The van der Waals surface area contributed by atoms with E-state index in [1.54, 1.807) is 66.7 Å². The summed E-state index contributed by atoms with van der Waals surface area (Å²) >= 11 is 12.1. The number of carbonyl (C=O) groups excluding carboxylic acids is 1. The normalized spacial score (nSPS) is 16.1. The van der Waals surface area contributed by atoms with Crippen LogP contribution in [0.25, 0.3) is 10.4 Å². The molecule has 39 heavy (non-hydrogen) atoms. The zero-order chi connectivity index (χ0) is 27.7. The number of hydrogen-bond donors (Lipinski definition) is 3. The summed E-state index contributed by atoms with van der Waals surface area (Å²) < 4.78 is 11.5. The average Bonchev–Trinajstić information content (AvgIpc) is 3.38. The van der Waals surface area contributed by atoms with Crippen LogP contribution in [0.1, 0.15) is 23.1 Å². The van der Waals surface area contributed by atoms with E-state index in [-0.39, 0.29) is 19.6 Å². The van der Waals surface area contributed by atoms with Gasteiger partial charge in [-0.25, -0.2) is 10.4 Å². The highest BCUT2D eigenvalue weighted by Gasteiger charge is 2.45. The summed E-state index contributed by atoms with van der Waals surface area (Å²) in [6.07, 6.45) is 0.667. The zero-order valence-corrected chi connectivity index (χ0v) is 22.3. The second-order valence-electron chi connectivity index (χ2n) is 8.74. The van der Waals surface area contributed by atoms with Crippen molar-refractivity contribution in [1.29, 1.82) is 0 Å². The van der Waals surface area contributed by atoms with E-state index in [1.807, 2.05) is 0 Å². The van der Waals surface area contributed by atoms with Crippen LogP contribution < -0.4 is 15.6 Å². The highest BCUT2D eigenvalue weighted by Crippen LogP contribution is 2.31. The Morgan fingerprint density at radius 3 is 2.69 bits per heavy atom. The smallest absolute Gasteiger partial charge is 0.266 e. The minimum Gasteiger partial charge on any atom is -0.494 e. The third kappa shape index (κ3) is 7.20. The number of nitrogens with one attached hydrogen (secondary N) is 2. The van der Waals surface area contributed by atoms with Gasteiger partial charge in [0.1, 0.15) is 12.4 Å². The van der Waals surface area contributed by atoms with E-state index in [4.69, 9.17) is 48.3 Å². The van der Waals surface area contributed by atoms with Gasteiger partial charge in [-0.2, -0.15) is 0 Å². The first kappa shape index (κ1) is 28.2. The molecule has 0 radical (unpaired) electrons. The Labute approximate surface area is 235 Å². The van der Waals surface area contributed by atoms with Gasteiger partial charge < -0.3 is 14.6 Å². The molecule has 1 aliphatic heterocycles. The number of nitrogens with zero attached hydrogens (tertiary/aromatic N) is 4. The quantitative estimate of drug-likeness (QED) is 0.0896. The second-order valence-corrected chi connectivity index (χ2v) is 9.55. The minimum atomic E-state index is -1.34. The first-order chi connectivity index (χ1) is 18.9. The van der Waals surface area contributed by atoms with Crippen LogP contribution in [0.2, 0.25) is 10.0 Å². The molecule has 0 saturated carbocycles. The van der Waals surface area contributed by atoms with E-state index in [1.165, 1.54) is 0 Å². The van der Waals surface area contributed by atoms with Crippen molar-refractivity contribution in [3.63, 3.8) is 0 Å². The van der Waals surface area contributed by atoms with Crippen LogP contribution in [0.3, 0.4) is 0 Å². The number of azide groups is 1. The topological polar surface area (TPSA) is 141 Å². The Bertz CT molecular complexity index is 1400. The number of rotatable bonds is 12. The van der Waals surface area contributed by atoms with Crippen molar-refractivity contribution < 1.29 is 19.4 Å². The largest absolute Gasteiger partial charge is 0.494 e. The maximum Gasteiger partial charge on any atom is 0.266 e. The van der Waals surface area contributed by atoms with E-state index in [2.05, 4.69) is 20.9 Å². The minimum absolute atomic E-state index is 0.0258. The van der Waals surface area contributed by atoms with Crippen LogP contribution in [0.4, 0.5) is 5.69 Å². The van der Waals surface area contributed by atoms with Gasteiger partial charge in [0.15, 0.2) is 5.54 Å². The summed E-state index contributed by atoms with van der Waals surface area (Å²) in [5, 5.41) is 13.5. The number of ether oxygens (including phenoxy) is 2. The van der Waals surface area contributed by atoms with E-state index in [0.29, 0.717) is 58.1 Å². The molecule has 1 heterocycles. The molecule has 4 rings (SSSR count). The van der Waals surface area contributed by atoms with Crippen LogP contribution >= 0.6 is 23.2 Å². The Kier molecular flexibility index (Phi) is 9.64. The lowest BCUT2D eigenvalue weighted by atomic mass is 9.91. The number of hydrogen-bond acceptors (Lipinski definition) is 7. The van der Waals surface area contributed by atoms with E-state index in [0.717, 1.165) is 5.56 Å². The molecule has 0 unspecified atom stereocenters. The fourth-order valence-corrected chi connectivity index (χ4v) is 4.26. The highest BCUT2D eigenvalue weighted by atomic mass is 35.5. The van der Waals surface area contributed by atoms with E-state index >= 15 is 0 Å². The van der Waals surface area contributed by atoms with Gasteiger partial charge in [0, 0.05) is 42.2 Å². The number of aliphatic hydroxyl groups is 1. The molecule has 3 aromatic rings. The first-order valence-corrected chi connectivity index (χ1v) is 12.9. The summed E-state index contributed by atoms with van der Waals surface area (Å²) in [7, 11) is 0. The van der Waals surface area contributed by atoms with E-state index in [9.17, 15) is 4.79 Å². The molecule has 1 aliphatic rings. The van der Waals surface area contributed by atoms with Gasteiger partial charge in [0.05, 0.1) is 16.7 Å². The standard InChI is InChI=1S/C27H26Cl2N6O4/c28-22-11-6-18(14-23(22)29)16-31-34-26(37)27(15-20-4-1-2-5-24(20)33-35-30)17-39-25(32-27)19-7-9-21(10-8-19)38-13-3-12-36/h1-2,4-11,14,31,36H,3,12-13,15-17H2,(H,34,37)/t27-/m0/s1. The SMILES string of the molecule is [N-]=[N+]=Nc1ccccc1C[C@@]1(C(=O)NNCc2ccc(Cl)c(Cl)c2)COC(c2ccc(OCCCO)cc2)=N1. The Morgan fingerprint density at radius 2 is 1.95 bits per heavy atom. The molecule has 0 saturated heterocycles. The number of carbonyl (C=O) groups is 1. The molecular formula is C27H26Cl2N6O4. The van der Waals surface area contributed by atoms with Gasteiger partial charge in [-0.05, 0) is 53.1 Å². The fourth-order valence-electron chi connectivity index (χ4n) is 3.94. The Hall–Kier alpha value is -3.79. The average molecular weight is 569 g/mol. The highest BCUT2D eigenvalue weighted by molar-refractivity contribution is 6.42. The van der Waals surface area contributed by atoms with Crippen molar-refractivity contribution in [1.82, 2.24) is 10.9 Å². The third-order valence-corrected chi connectivity index (χ3v) is 6.70. The van der Waals surface area contributed by atoms with Crippen LogP contribution in [-0.2, 0) is 22.5 Å². The van der Waals surface area contributed by atoms with Crippen LogP contribution in [0.15, 0.2) is 76.8 Å². The lowest BCUT2D eigenvalue weighted by Gasteiger charge is -2.24. The molecule has 3 N–H and O–H groups in total. The molecule has 0 fully saturated rings.